The largest absolute Gasteiger partial charge is 0.481 e. The van der Waals surface area contributed by atoms with E-state index in [4.69, 9.17) is 14.5 Å². The quantitative estimate of drug-likeness (QED) is 0.475. The van der Waals surface area contributed by atoms with Crippen LogP contribution in [-0.2, 0) is 21.5 Å². The summed E-state index contributed by atoms with van der Waals surface area (Å²) in [5.74, 6) is 0.361. The summed E-state index contributed by atoms with van der Waals surface area (Å²) in [6.45, 7) is 0. The number of hydrogen-bond acceptors (Lipinski definition) is 6. The molecule has 34 heavy (non-hydrogen) atoms. The second kappa shape index (κ2) is 9.79. The van der Waals surface area contributed by atoms with E-state index in [-0.39, 0.29) is 11.8 Å². The lowest BCUT2D eigenvalue weighted by Crippen LogP contribution is -2.29. The van der Waals surface area contributed by atoms with Crippen molar-refractivity contribution in [2.24, 2.45) is 5.16 Å². The van der Waals surface area contributed by atoms with Gasteiger partial charge in [0.1, 0.15) is 6.10 Å². The molecule has 176 valence electrons. The zero-order valence-electron chi connectivity index (χ0n) is 19.2. The molecule has 1 aromatic heterocycles. The molecule has 7 nitrogen and oxygen atoms in total. The normalized spacial score (nSPS) is 19.4. The number of carboxylic acids is 1. The Balaban J connectivity index is 1.24. The molecule has 0 radical (unpaired) electrons. The van der Waals surface area contributed by atoms with E-state index in [1.54, 1.807) is 0 Å². The van der Waals surface area contributed by atoms with E-state index in [9.17, 15) is 4.79 Å². The molecule has 2 aromatic carbocycles. The van der Waals surface area contributed by atoms with Gasteiger partial charge in [-0.3, -0.25) is 4.79 Å². The Kier molecular flexibility index (Phi) is 6.43. The van der Waals surface area contributed by atoms with Crippen molar-refractivity contribution >= 4 is 11.7 Å². The van der Waals surface area contributed by atoms with Crippen LogP contribution in [0, 0.1) is 0 Å². The Morgan fingerprint density at radius 1 is 1.00 bits per heavy atom. The summed E-state index contributed by atoms with van der Waals surface area (Å²) < 4.78 is 5.61. The van der Waals surface area contributed by atoms with Crippen LogP contribution >= 0.6 is 0 Å². The van der Waals surface area contributed by atoms with E-state index < -0.39 is 12.1 Å². The van der Waals surface area contributed by atoms with Crippen LogP contribution in [0.1, 0.15) is 68.4 Å². The van der Waals surface area contributed by atoms with Gasteiger partial charge in [0.05, 0.1) is 12.1 Å². The fourth-order valence-corrected chi connectivity index (χ4v) is 5.24. The van der Waals surface area contributed by atoms with Gasteiger partial charge in [0, 0.05) is 18.4 Å². The molecule has 5 rings (SSSR count). The zero-order chi connectivity index (χ0) is 23.4. The van der Waals surface area contributed by atoms with Gasteiger partial charge >= 0.3 is 5.97 Å². The third kappa shape index (κ3) is 4.88. The summed E-state index contributed by atoms with van der Waals surface area (Å²) in [5, 5.41) is 17.2. The van der Waals surface area contributed by atoms with E-state index in [1.807, 2.05) is 24.3 Å². The SMILES string of the molecule is O=C(O)CC1CC(c2ccc(-c3noc(CCC4(c5ccccc5)CCCCC4)n3)cc2)=NO1. The first-order valence-corrected chi connectivity index (χ1v) is 12.0. The molecule has 0 amide bonds. The van der Waals surface area contributed by atoms with E-state index in [2.05, 4.69) is 45.6 Å². The molecular formula is C27H29N3O4. The van der Waals surface area contributed by atoms with Crippen molar-refractivity contribution in [1.29, 1.82) is 0 Å². The number of aliphatic carboxylic acids is 1. The summed E-state index contributed by atoms with van der Waals surface area (Å²) in [6.07, 6.45) is 8.06. The van der Waals surface area contributed by atoms with Crippen LogP contribution in [0.15, 0.2) is 64.3 Å². The number of nitrogens with zero attached hydrogens (tertiary/aromatic N) is 3. The number of carboxylic acid groups (broad SMARTS) is 1. The molecular weight excluding hydrogens is 430 g/mol. The van der Waals surface area contributed by atoms with Crippen LogP contribution in [0.5, 0.6) is 0 Å². The number of aromatic nitrogens is 2. The number of benzene rings is 2. The van der Waals surface area contributed by atoms with Crippen molar-refractivity contribution < 1.29 is 19.3 Å². The maximum Gasteiger partial charge on any atom is 0.307 e. The van der Waals surface area contributed by atoms with Crippen LogP contribution < -0.4 is 0 Å². The van der Waals surface area contributed by atoms with Gasteiger partial charge in [-0.25, -0.2) is 0 Å². The van der Waals surface area contributed by atoms with Crippen LogP contribution in [0.25, 0.3) is 11.4 Å². The molecule has 1 saturated carbocycles. The van der Waals surface area contributed by atoms with Gasteiger partial charge in [-0.05, 0) is 35.8 Å². The highest BCUT2D eigenvalue weighted by atomic mass is 16.6. The van der Waals surface area contributed by atoms with Crippen molar-refractivity contribution in [2.75, 3.05) is 0 Å². The van der Waals surface area contributed by atoms with Crippen molar-refractivity contribution in [3.63, 3.8) is 0 Å². The summed E-state index contributed by atoms with van der Waals surface area (Å²) in [4.78, 5) is 20.8. The van der Waals surface area contributed by atoms with Crippen molar-refractivity contribution in [3.05, 3.63) is 71.6 Å². The molecule has 1 atom stereocenters. The Morgan fingerprint density at radius 2 is 1.74 bits per heavy atom. The Morgan fingerprint density at radius 3 is 2.47 bits per heavy atom. The Hall–Kier alpha value is -3.48. The van der Waals surface area contributed by atoms with Gasteiger partial charge < -0.3 is 14.5 Å². The van der Waals surface area contributed by atoms with E-state index in [0.717, 1.165) is 29.7 Å². The predicted molar refractivity (Wildman–Crippen MR) is 128 cm³/mol. The number of oxime groups is 1. The molecule has 1 aliphatic carbocycles. The van der Waals surface area contributed by atoms with Crippen LogP contribution in [0.4, 0.5) is 0 Å². The minimum atomic E-state index is -0.886. The molecule has 2 aliphatic rings. The first kappa shape index (κ1) is 22.3. The maximum absolute atomic E-state index is 10.9. The van der Waals surface area contributed by atoms with Gasteiger partial charge in [-0.2, -0.15) is 4.98 Å². The van der Waals surface area contributed by atoms with Crippen molar-refractivity contribution in [1.82, 2.24) is 10.1 Å². The fourth-order valence-electron chi connectivity index (χ4n) is 5.24. The van der Waals surface area contributed by atoms with E-state index >= 15 is 0 Å². The van der Waals surface area contributed by atoms with E-state index in [0.29, 0.717) is 18.1 Å². The fraction of sp³-hybridized carbons (Fsp3) is 0.407. The van der Waals surface area contributed by atoms with Gasteiger partial charge in [0.2, 0.25) is 11.7 Å². The molecule has 3 aromatic rings. The highest BCUT2D eigenvalue weighted by Gasteiger charge is 2.34. The Bertz CT molecular complexity index is 1150. The summed E-state index contributed by atoms with van der Waals surface area (Å²) >= 11 is 0. The minimum absolute atomic E-state index is 0.0533. The average molecular weight is 460 g/mol. The molecule has 0 bridgehead atoms. The summed E-state index contributed by atoms with van der Waals surface area (Å²) in [6, 6.07) is 18.6. The first-order chi connectivity index (χ1) is 16.6. The highest BCUT2D eigenvalue weighted by Crippen LogP contribution is 2.42. The zero-order valence-corrected chi connectivity index (χ0v) is 19.2. The third-order valence-electron chi connectivity index (χ3n) is 7.09. The molecule has 7 heteroatoms. The molecule has 2 heterocycles. The van der Waals surface area contributed by atoms with E-state index in [1.165, 1.54) is 37.7 Å². The standard InChI is InChI=1S/C27H29N3O4/c31-25(32)18-22-17-23(29-33-22)19-9-11-20(12-10-19)26-28-24(34-30-26)13-16-27(14-5-2-6-15-27)21-7-3-1-4-8-21/h1,3-4,7-12,22H,2,5-6,13-18H2,(H,31,32). The molecule has 1 fully saturated rings. The number of rotatable bonds is 8. The smallest absolute Gasteiger partial charge is 0.307 e. The van der Waals surface area contributed by atoms with Crippen LogP contribution in [0.2, 0.25) is 0 Å². The average Bonchev–Trinajstić information content (AvgIpc) is 3.54. The topological polar surface area (TPSA) is 97.8 Å². The first-order valence-electron chi connectivity index (χ1n) is 12.0. The Labute approximate surface area is 198 Å². The summed E-state index contributed by atoms with van der Waals surface area (Å²) in [5.41, 5.74) is 4.15. The van der Waals surface area contributed by atoms with Crippen LogP contribution in [0.3, 0.4) is 0 Å². The molecule has 0 saturated heterocycles. The summed E-state index contributed by atoms with van der Waals surface area (Å²) in [7, 11) is 0. The maximum atomic E-state index is 10.9. The van der Waals surface area contributed by atoms with Gasteiger partial charge in [-0.1, -0.05) is 84.2 Å². The second-order valence-corrected chi connectivity index (χ2v) is 9.36. The lowest BCUT2D eigenvalue weighted by molar-refractivity contribution is -0.139. The molecule has 0 spiro atoms. The minimum Gasteiger partial charge on any atom is -0.481 e. The predicted octanol–water partition coefficient (Wildman–Crippen LogP) is 5.54. The highest BCUT2D eigenvalue weighted by molar-refractivity contribution is 6.01. The molecule has 1 aliphatic heterocycles. The van der Waals surface area contributed by atoms with Crippen molar-refractivity contribution in [2.45, 2.75) is 69.3 Å². The number of carbonyl (C=O) groups is 1. The van der Waals surface area contributed by atoms with Crippen molar-refractivity contribution in [3.8, 4) is 11.4 Å². The number of aryl methyl sites for hydroxylation is 1. The second-order valence-electron chi connectivity index (χ2n) is 9.36. The lowest BCUT2D eigenvalue weighted by atomic mass is 9.67. The molecule has 1 unspecified atom stereocenters. The van der Waals surface area contributed by atoms with Crippen LogP contribution in [-0.4, -0.2) is 33.0 Å². The monoisotopic (exact) mass is 459 g/mol. The van der Waals surface area contributed by atoms with Gasteiger partial charge in [-0.15, -0.1) is 0 Å². The molecule has 1 N–H and O–H groups in total. The van der Waals surface area contributed by atoms with Gasteiger partial charge in [0.25, 0.3) is 0 Å². The lowest BCUT2D eigenvalue weighted by Gasteiger charge is -2.38. The van der Waals surface area contributed by atoms with Gasteiger partial charge in [0.15, 0.2) is 0 Å². The third-order valence-corrected chi connectivity index (χ3v) is 7.09. The number of hydrogen-bond donors (Lipinski definition) is 1.